The summed E-state index contributed by atoms with van der Waals surface area (Å²) in [5, 5.41) is 0. The zero-order valence-electron chi connectivity index (χ0n) is 35.2. The number of fused-ring (bicyclic) bond motifs is 3. The van der Waals surface area contributed by atoms with E-state index in [-0.39, 0.29) is 22.7 Å². The zero-order chi connectivity index (χ0) is 40.7. The van der Waals surface area contributed by atoms with E-state index in [0.717, 1.165) is 51.4 Å². The maximum atomic E-state index is 7.06. The number of hydrogen-bond acceptors (Lipinski definition) is 8. The molecule has 4 aromatic carbocycles. The van der Waals surface area contributed by atoms with Crippen LogP contribution in [0.25, 0.3) is 0 Å². The van der Waals surface area contributed by atoms with Crippen molar-refractivity contribution < 1.29 is 37.2 Å². The van der Waals surface area contributed by atoms with Gasteiger partial charge in [0.05, 0.1) is 0 Å². The number of benzene rings is 4. The molecule has 2 saturated carbocycles. The third kappa shape index (κ3) is 6.22. The average molecular weight is 837 g/mol. The zero-order valence-corrected chi connectivity index (χ0v) is 37.0. The molecule has 6 saturated heterocycles. The molecule has 12 rings (SSSR count). The van der Waals surface area contributed by atoms with Crippen molar-refractivity contribution in [1.29, 1.82) is 0 Å². The third-order valence-electron chi connectivity index (χ3n) is 15.7. The molecule has 0 aromatic heterocycles. The third-order valence-corrected chi connectivity index (χ3v) is 17.9. The molecule has 312 valence electrons. The van der Waals surface area contributed by atoms with Gasteiger partial charge in [-0.1, -0.05) is 144 Å². The van der Waals surface area contributed by atoms with Crippen molar-refractivity contribution in [2.75, 3.05) is 0 Å². The van der Waals surface area contributed by atoms with Crippen molar-refractivity contribution in [2.45, 2.75) is 139 Å². The first-order valence-corrected chi connectivity index (χ1v) is 24.0. The Morgan fingerprint density at radius 3 is 1.32 bits per heavy atom. The minimum absolute atomic E-state index is 0.0776. The highest BCUT2D eigenvalue weighted by Crippen LogP contribution is 2.83. The molecule has 1 spiro atoms. The molecule has 8 fully saturated rings. The molecule has 8 nitrogen and oxygen atoms in total. The van der Waals surface area contributed by atoms with Crippen LogP contribution in [0.4, 0.5) is 0 Å². The van der Waals surface area contributed by atoms with Crippen LogP contribution in [-0.4, -0.2) is 17.4 Å². The van der Waals surface area contributed by atoms with Gasteiger partial charge in [-0.2, -0.15) is 9.56 Å². The number of rotatable bonds is 9. The molecule has 4 aromatic rings. The van der Waals surface area contributed by atoms with E-state index in [2.05, 4.69) is 144 Å². The molecule has 10 heteroatoms. The van der Waals surface area contributed by atoms with E-state index in [1.807, 2.05) is 6.92 Å². The van der Waals surface area contributed by atoms with E-state index in [1.54, 1.807) is 0 Å². The van der Waals surface area contributed by atoms with E-state index in [9.17, 15) is 0 Å². The minimum Gasteiger partial charge on any atom is -0.276 e. The summed E-state index contributed by atoms with van der Waals surface area (Å²) >= 11 is 0. The van der Waals surface area contributed by atoms with Crippen LogP contribution in [0.5, 0.6) is 0 Å². The smallest absolute Gasteiger partial charge is 0.276 e. The van der Waals surface area contributed by atoms with Gasteiger partial charge in [-0.15, -0.1) is 4.67 Å². The van der Waals surface area contributed by atoms with E-state index in [1.165, 1.54) is 33.4 Å². The molecule has 59 heavy (non-hydrogen) atoms. The SMILES string of the molecule is CCC12C3(C)OP(OOC14OP(OOC2(C1CCC(c2ccc(C(C)(C)c5ccccc5)cc2)CC1)C1CCC(c2ccc(C(C)(C)c5ccccc5)cc2)CC1)O4)O3. The summed E-state index contributed by atoms with van der Waals surface area (Å²) in [6.45, 7) is 13.4. The van der Waals surface area contributed by atoms with E-state index >= 15 is 0 Å². The summed E-state index contributed by atoms with van der Waals surface area (Å²) in [5.41, 5.74) is 6.00. The molecule has 8 aliphatic rings. The Labute approximate surface area is 352 Å². The van der Waals surface area contributed by atoms with Gasteiger partial charge in [0.15, 0.2) is 5.79 Å². The van der Waals surface area contributed by atoms with Crippen LogP contribution in [0.3, 0.4) is 0 Å². The maximum Gasteiger partial charge on any atom is 0.372 e. The van der Waals surface area contributed by atoms with Crippen molar-refractivity contribution in [1.82, 2.24) is 0 Å². The summed E-state index contributed by atoms with van der Waals surface area (Å²) < 4.78 is 38.1. The molecule has 1 unspecified atom stereocenters. The second-order valence-electron chi connectivity index (χ2n) is 19.0. The fraction of sp³-hybridized carbons (Fsp3) is 0.510. The Morgan fingerprint density at radius 2 is 0.898 bits per heavy atom. The van der Waals surface area contributed by atoms with Crippen LogP contribution in [0.1, 0.15) is 145 Å². The van der Waals surface area contributed by atoms with Gasteiger partial charge in [-0.25, -0.2) is 13.9 Å². The van der Waals surface area contributed by atoms with E-state index in [4.69, 9.17) is 37.2 Å². The highest BCUT2D eigenvalue weighted by Gasteiger charge is 2.89. The van der Waals surface area contributed by atoms with Gasteiger partial charge in [0, 0.05) is 10.8 Å². The van der Waals surface area contributed by atoms with Crippen LogP contribution in [0, 0.1) is 17.3 Å². The Bertz CT molecular complexity index is 1970. The van der Waals surface area contributed by atoms with Gasteiger partial charge in [-0.05, 0) is 122 Å². The Morgan fingerprint density at radius 1 is 0.508 bits per heavy atom. The molecule has 6 aliphatic heterocycles. The Hall–Kier alpha value is -2.58. The Kier molecular flexibility index (Phi) is 10.3. The standard InChI is InChI=1S/C49H58O8P2/c1-7-47-46(6)52-58(53-46)57-51-49(47)54-59(55-49)56-50-48(47,42-30-22-36(23-31-42)34-18-26-40(27-19-34)44(2,3)38-14-10-8-11-15-38)43-32-24-37(25-33-43)35-20-28-41(29-21-35)45(4,5)39-16-12-9-13-17-39/h8-21,26-29,36-37,42-43H,7,22-25,30-33H2,1-6H3. The highest BCUT2D eigenvalue weighted by atomic mass is 31.2. The van der Waals surface area contributed by atoms with Crippen LogP contribution in [-0.2, 0) is 48.0 Å². The lowest BCUT2D eigenvalue weighted by atomic mass is 9.49. The van der Waals surface area contributed by atoms with Crippen molar-refractivity contribution in [3.05, 3.63) is 143 Å². The van der Waals surface area contributed by atoms with Gasteiger partial charge in [0.1, 0.15) is 11.0 Å². The quantitative estimate of drug-likeness (QED) is 0.122. The molecular formula is C49H58O8P2. The van der Waals surface area contributed by atoms with Crippen LogP contribution in [0.15, 0.2) is 109 Å². The lowest BCUT2D eigenvalue weighted by Gasteiger charge is -2.65. The molecule has 4 bridgehead atoms. The van der Waals surface area contributed by atoms with Gasteiger partial charge in [0.2, 0.25) is 0 Å². The summed E-state index contributed by atoms with van der Waals surface area (Å²) in [4.78, 5) is 13.3. The molecule has 0 N–H and O–H groups in total. The summed E-state index contributed by atoms with van der Waals surface area (Å²) in [6, 6.07) is 40.4. The number of hydrogen-bond donors (Lipinski definition) is 0. The van der Waals surface area contributed by atoms with Gasteiger partial charge >= 0.3 is 23.2 Å². The largest absolute Gasteiger partial charge is 0.372 e. The van der Waals surface area contributed by atoms with E-state index < -0.39 is 40.0 Å². The molecule has 2 aliphatic carbocycles. The average Bonchev–Trinajstić information content (AvgIpc) is 3.58. The summed E-state index contributed by atoms with van der Waals surface area (Å²) in [7, 11) is -3.47. The van der Waals surface area contributed by atoms with Gasteiger partial charge < -0.3 is 0 Å². The Balaban J connectivity index is 0.934. The monoisotopic (exact) mass is 836 g/mol. The van der Waals surface area contributed by atoms with Gasteiger partial charge in [0.25, 0.3) is 0 Å². The molecular weight excluding hydrogens is 778 g/mol. The molecule has 1 atom stereocenters. The van der Waals surface area contributed by atoms with Crippen molar-refractivity contribution >= 4 is 17.2 Å². The second kappa shape index (κ2) is 15.1. The maximum absolute atomic E-state index is 7.06. The fourth-order valence-electron chi connectivity index (χ4n) is 12.2. The van der Waals surface area contributed by atoms with Crippen LogP contribution < -0.4 is 0 Å². The predicted molar refractivity (Wildman–Crippen MR) is 229 cm³/mol. The molecule has 0 amide bonds. The fourth-order valence-corrected chi connectivity index (χ4v) is 14.3. The van der Waals surface area contributed by atoms with Gasteiger partial charge in [-0.3, -0.25) is 9.05 Å². The van der Waals surface area contributed by atoms with E-state index in [0.29, 0.717) is 18.3 Å². The lowest BCUT2D eigenvalue weighted by Crippen LogP contribution is -2.78. The van der Waals surface area contributed by atoms with Crippen molar-refractivity contribution in [3.63, 3.8) is 0 Å². The lowest BCUT2D eigenvalue weighted by molar-refractivity contribution is -0.516. The predicted octanol–water partition coefficient (Wildman–Crippen LogP) is 13.6. The first kappa shape index (κ1) is 40.5. The molecule has 6 heterocycles. The first-order chi connectivity index (χ1) is 28.4. The summed E-state index contributed by atoms with van der Waals surface area (Å²) in [6.07, 6.45) is 8.48. The molecule has 0 radical (unpaired) electrons. The van der Waals surface area contributed by atoms with Crippen LogP contribution >= 0.6 is 17.2 Å². The topological polar surface area (TPSA) is 73.8 Å². The highest BCUT2D eigenvalue weighted by molar-refractivity contribution is 7.43. The summed E-state index contributed by atoms with van der Waals surface area (Å²) in [5.74, 6) is -1.60. The van der Waals surface area contributed by atoms with Crippen molar-refractivity contribution in [3.8, 4) is 0 Å². The minimum atomic E-state index is -1.78. The second-order valence-corrected chi connectivity index (χ2v) is 20.9. The normalized spacial score (nSPS) is 36.9. The van der Waals surface area contributed by atoms with Crippen molar-refractivity contribution in [2.24, 2.45) is 17.3 Å². The van der Waals surface area contributed by atoms with Crippen LogP contribution in [0.2, 0.25) is 0 Å². The first-order valence-electron chi connectivity index (χ1n) is 21.8.